The van der Waals surface area contributed by atoms with Crippen molar-refractivity contribution in [2.45, 2.75) is 89.4 Å². The molecule has 4 aromatic rings. The van der Waals surface area contributed by atoms with E-state index in [-0.39, 0.29) is 0 Å². The van der Waals surface area contributed by atoms with Crippen molar-refractivity contribution in [3.05, 3.63) is 72.3 Å². The first-order chi connectivity index (χ1) is 21.3. The summed E-state index contributed by atoms with van der Waals surface area (Å²) in [6, 6.07) is 24.7. The van der Waals surface area contributed by atoms with Gasteiger partial charge in [-0.15, -0.1) is 0 Å². The highest BCUT2D eigenvalue weighted by Gasteiger charge is 2.62. The molecule has 11 unspecified atom stereocenters. The van der Waals surface area contributed by atoms with Gasteiger partial charge in [-0.3, -0.25) is 0 Å². The first-order valence-corrected chi connectivity index (χ1v) is 18.3. The molecule has 0 amide bonds. The van der Waals surface area contributed by atoms with Crippen LogP contribution in [0.15, 0.2) is 71.1 Å². The van der Waals surface area contributed by atoms with E-state index in [9.17, 15) is 0 Å². The summed E-state index contributed by atoms with van der Waals surface area (Å²) in [6.45, 7) is 0. The quantitative estimate of drug-likeness (QED) is 0.234. The Labute approximate surface area is 257 Å². The van der Waals surface area contributed by atoms with Crippen molar-refractivity contribution < 1.29 is 4.42 Å². The van der Waals surface area contributed by atoms with Gasteiger partial charge in [-0.2, -0.15) is 0 Å². The fourth-order valence-electron chi connectivity index (χ4n) is 13.4. The minimum Gasteiger partial charge on any atom is -0.455 e. The Hall–Kier alpha value is -2.54. The van der Waals surface area contributed by atoms with E-state index in [0.29, 0.717) is 0 Å². The highest BCUT2D eigenvalue weighted by atomic mass is 16.3. The number of furan rings is 1. The topological polar surface area (TPSA) is 13.1 Å². The molecule has 0 N–H and O–H groups in total. The lowest BCUT2D eigenvalue weighted by atomic mass is 9.37. The smallest absolute Gasteiger partial charge is 0.143 e. The van der Waals surface area contributed by atoms with Crippen LogP contribution in [0.2, 0.25) is 0 Å². The lowest BCUT2D eigenvalue weighted by molar-refractivity contribution is -0.188. The number of fused-ring (bicyclic) bond motifs is 9. The van der Waals surface area contributed by atoms with E-state index in [1.54, 1.807) is 50.5 Å². The van der Waals surface area contributed by atoms with Crippen molar-refractivity contribution in [2.24, 2.45) is 59.2 Å². The van der Waals surface area contributed by atoms with Crippen molar-refractivity contribution in [3.8, 4) is 11.1 Å². The molecule has 10 rings (SSSR count). The zero-order valence-corrected chi connectivity index (χ0v) is 25.8. The van der Waals surface area contributed by atoms with E-state index in [0.717, 1.165) is 76.3 Å². The first kappa shape index (κ1) is 25.8. The second kappa shape index (κ2) is 9.98. The second-order valence-electron chi connectivity index (χ2n) is 16.0. The molecular formula is C42H48O. The minimum absolute atomic E-state index is 0.718. The maximum Gasteiger partial charge on any atom is 0.143 e. The monoisotopic (exact) mass is 568 g/mol. The SMILES string of the molecule is c1ccc(-c2cccc3c2oc2ccc(C4CCC5C(C4)C4CCCC6C7CCCCC7C7CCCC5C7C64)cc23)cc1. The Morgan fingerprint density at radius 2 is 1.14 bits per heavy atom. The van der Waals surface area contributed by atoms with E-state index in [1.807, 2.05) is 0 Å². The number of hydrogen-bond donors (Lipinski definition) is 0. The standard InChI is InChI=1S/C42H48O/c1-2-9-25(10-3-1)28-13-6-18-36-38-24-27(20-22-39(38)43-42(28)36)26-19-21-31-34-16-7-14-32-29-11-4-5-12-30(29)33-15-8-17-35(37(31)23-26)41(33)40(32)34/h1-3,6,9-10,13,18,20,22,24,26,29-35,37,40-41H,4-5,7-8,11-12,14-17,19,21,23H2. The molecule has 11 atom stereocenters. The van der Waals surface area contributed by atoms with Gasteiger partial charge in [0.2, 0.25) is 0 Å². The fraction of sp³-hybridized carbons (Fsp3) is 0.571. The van der Waals surface area contributed by atoms with Crippen LogP contribution < -0.4 is 0 Å². The molecule has 0 saturated heterocycles. The van der Waals surface area contributed by atoms with Crippen LogP contribution in [0, 0.1) is 59.2 Å². The zero-order valence-electron chi connectivity index (χ0n) is 25.8. The summed E-state index contributed by atoms with van der Waals surface area (Å²) in [5.74, 6) is 11.4. The molecule has 6 aliphatic rings. The van der Waals surface area contributed by atoms with Crippen LogP contribution in [-0.2, 0) is 0 Å². The third-order valence-electron chi connectivity index (χ3n) is 14.7. The van der Waals surface area contributed by atoms with Gasteiger partial charge in [0.1, 0.15) is 11.2 Å². The molecule has 1 aromatic heterocycles. The van der Waals surface area contributed by atoms with Gasteiger partial charge in [0, 0.05) is 16.3 Å². The molecule has 3 aromatic carbocycles. The first-order valence-electron chi connectivity index (χ1n) is 18.3. The van der Waals surface area contributed by atoms with Crippen LogP contribution >= 0.6 is 0 Å². The molecule has 0 spiro atoms. The lowest BCUT2D eigenvalue weighted by Crippen LogP contribution is -2.61. The van der Waals surface area contributed by atoms with Gasteiger partial charge in [0.25, 0.3) is 0 Å². The summed E-state index contributed by atoms with van der Waals surface area (Å²) in [5.41, 5.74) is 6.12. The molecule has 1 nitrogen and oxygen atoms in total. The van der Waals surface area contributed by atoms with Crippen molar-refractivity contribution in [2.75, 3.05) is 0 Å². The van der Waals surface area contributed by atoms with E-state index >= 15 is 0 Å². The van der Waals surface area contributed by atoms with Gasteiger partial charge >= 0.3 is 0 Å². The molecule has 0 aliphatic heterocycles. The van der Waals surface area contributed by atoms with E-state index in [1.165, 1.54) is 60.4 Å². The predicted molar refractivity (Wildman–Crippen MR) is 177 cm³/mol. The molecule has 6 aliphatic carbocycles. The van der Waals surface area contributed by atoms with E-state index in [2.05, 4.69) is 66.7 Å². The van der Waals surface area contributed by atoms with E-state index in [4.69, 9.17) is 4.42 Å². The zero-order chi connectivity index (χ0) is 28.1. The number of para-hydroxylation sites is 1. The fourth-order valence-corrected chi connectivity index (χ4v) is 13.4. The number of hydrogen-bond acceptors (Lipinski definition) is 1. The van der Waals surface area contributed by atoms with Crippen molar-refractivity contribution >= 4 is 21.9 Å². The molecule has 43 heavy (non-hydrogen) atoms. The Morgan fingerprint density at radius 3 is 1.86 bits per heavy atom. The molecule has 0 bridgehead atoms. The Balaban J connectivity index is 0.998. The second-order valence-corrected chi connectivity index (χ2v) is 16.0. The van der Waals surface area contributed by atoms with Gasteiger partial charge in [-0.25, -0.2) is 0 Å². The van der Waals surface area contributed by atoms with Crippen LogP contribution in [0.3, 0.4) is 0 Å². The van der Waals surface area contributed by atoms with Crippen molar-refractivity contribution in [1.82, 2.24) is 0 Å². The van der Waals surface area contributed by atoms with Gasteiger partial charge in [-0.1, -0.05) is 80.3 Å². The highest BCUT2D eigenvalue weighted by molar-refractivity contribution is 6.09. The molecule has 6 saturated carbocycles. The van der Waals surface area contributed by atoms with Crippen molar-refractivity contribution in [3.63, 3.8) is 0 Å². The third kappa shape index (κ3) is 3.82. The largest absolute Gasteiger partial charge is 0.455 e. The Bertz CT molecular complexity index is 1650. The van der Waals surface area contributed by atoms with Crippen LogP contribution in [0.4, 0.5) is 0 Å². The van der Waals surface area contributed by atoms with Gasteiger partial charge in [-0.05, 0) is 146 Å². The summed E-state index contributed by atoms with van der Waals surface area (Å²) < 4.78 is 6.57. The molecule has 1 heterocycles. The highest BCUT2D eigenvalue weighted by Crippen LogP contribution is 2.69. The van der Waals surface area contributed by atoms with Crippen molar-refractivity contribution in [1.29, 1.82) is 0 Å². The summed E-state index contributed by atoms with van der Waals surface area (Å²) in [6.07, 6.45) is 19.9. The van der Waals surface area contributed by atoms with E-state index < -0.39 is 0 Å². The van der Waals surface area contributed by atoms with Crippen LogP contribution in [0.5, 0.6) is 0 Å². The minimum atomic E-state index is 0.718. The number of benzene rings is 3. The molecule has 6 fully saturated rings. The third-order valence-corrected chi connectivity index (χ3v) is 14.7. The average Bonchev–Trinajstić information content (AvgIpc) is 3.46. The van der Waals surface area contributed by atoms with Gasteiger partial charge in [0.15, 0.2) is 0 Å². The van der Waals surface area contributed by atoms with Crippen LogP contribution in [-0.4, -0.2) is 0 Å². The lowest BCUT2D eigenvalue weighted by Gasteiger charge is -2.67. The summed E-state index contributed by atoms with van der Waals surface area (Å²) in [4.78, 5) is 0. The Morgan fingerprint density at radius 1 is 0.488 bits per heavy atom. The maximum absolute atomic E-state index is 6.57. The molecule has 222 valence electrons. The Kier molecular flexibility index (Phi) is 5.98. The summed E-state index contributed by atoms with van der Waals surface area (Å²) in [5, 5.41) is 2.60. The molecular weight excluding hydrogens is 520 g/mol. The number of rotatable bonds is 2. The van der Waals surface area contributed by atoms with Gasteiger partial charge in [0.05, 0.1) is 0 Å². The van der Waals surface area contributed by atoms with Crippen LogP contribution in [0.1, 0.15) is 95.0 Å². The summed E-state index contributed by atoms with van der Waals surface area (Å²) in [7, 11) is 0. The predicted octanol–water partition coefficient (Wildman–Crippen LogP) is 11.7. The summed E-state index contributed by atoms with van der Waals surface area (Å²) >= 11 is 0. The molecule has 1 heteroatoms. The molecule has 0 radical (unpaired) electrons. The normalized spacial score (nSPS) is 40.0. The van der Waals surface area contributed by atoms with Gasteiger partial charge < -0.3 is 4.42 Å². The average molecular weight is 569 g/mol. The maximum atomic E-state index is 6.57. The van der Waals surface area contributed by atoms with Crippen LogP contribution in [0.25, 0.3) is 33.1 Å².